The van der Waals surface area contributed by atoms with Crippen LogP contribution in [0.3, 0.4) is 0 Å². The molecule has 21 heavy (non-hydrogen) atoms. The van der Waals surface area contributed by atoms with Crippen LogP contribution >= 0.6 is 11.3 Å². The van der Waals surface area contributed by atoms with E-state index in [1.165, 1.54) is 0 Å². The number of anilines is 1. The van der Waals surface area contributed by atoms with Gasteiger partial charge < -0.3 is 14.7 Å². The van der Waals surface area contributed by atoms with Crippen molar-refractivity contribution in [3.63, 3.8) is 0 Å². The van der Waals surface area contributed by atoms with Crippen molar-refractivity contribution in [2.45, 2.75) is 20.8 Å². The molecule has 0 amide bonds. The largest absolute Gasteiger partial charge is 0.481 e. The van der Waals surface area contributed by atoms with Gasteiger partial charge in [-0.1, -0.05) is 6.92 Å². The molecule has 0 bridgehead atoms. The molecule has 1 aromatic rings. The Morgan fingerprint density at radius 3 is 2.62 bits per heavy atom. The lowest BCUT2D eigenvalue weighted by Crippen LogP contribution is -2.28. The summed E-state index contributed by atoms with van der Waals surface area (Å²) in [6, 6.07) is 2.08. The molecule has 0 fully saturated rings. The highest BCUT2D eigenvalue weighted by Crippen LogP contribution is 2.35. The number of carboxylic acid groups (broad SMARTS) is 1. The Hall–Kier alpha value is -2.07. The van der Waals surface area contributed by atoms with Crippen LogP contribution in [0.5, 0.6) is 0 Å². The summed E-state index contributed by atoms with van der Waals surface area (Å²) in [4.78, 5) is 24.9. The van der Waals surface area contributed by atoms with Crippen LogP contribution in [0.2, 0.25) is 0 Å². The van der Waals surface area contributed by atoms with Crippen LogP contribution in [0.25, 0.3) is 0 Å². The zero-order valence-corrected chi connectivity index (χ0v) is 13.3. The normalized spacial score (nSPS) is 11.6. The molecule has 0 aliphatic heterocycles. The molecule has 114 valence electrons. The summed E-state index contributed by atoms with van der Waals surface area (Å²) < 4.78 is 4.97. The molecule has 0 aliphatic carbocycles. The molecule has 0 saturated carbocycles. The molecule has 1 rings (SSSR count). The van der Waals surface area contributed by atoms with Crippen LogP contribution in [0.1, 0.15) is 34.6 Å². The molecule has 1 heterocycles. The standard InChI is InChI=1S/C14H18N2O4S/c1-5-20-14(19)11-9(3)10(6-15)12(21-11)16(4)7-8(2)13(17)18/h8H,5,7H2,1-4H3,(H,17,18). The third-order valence-electron chi connectivity index (χ3n) is 3.02. The van der Waals surface area contributed by atoms with Gasteiger partial charge in [-0.25, -0.2) is 4.79 Å². The van der Waals surface area contributed by atoms with E-state index >= 15 is 0 Å². The fraction of sp³-hybridized carbons (Fsp3) is 0.500. The van der Waals surface area contributed by atoms with E-state index < -0.39 is 17.9 Å². The maximum atomic E-state index is 11.9. The molecule has 0 spiro atoms. The third kappa shape index (κ3) is 3.73. The minimum atomic E-state index is -0.903. The number of hydrogen-bond acceptors (Lipinski definition) is 6. The highest BCUT2D eigenvalue weighted by atomic mass is 32.1. The van der Waals surface area contributed by atoms with Crippen LogP contribution in [-0.2, 0) is 9.53 Å². The first-order valence-electron chi connectivity index (χ1n) is 6.47. The van der Waals surface area contributed by atoms with Crippen LogP contribution in [-0.4, -0.2) is 37.2 Å². The number of nitriles is 1. The number of aliphatic carboxylic acids is 1. The van der Waals surface area contributed by atoms with Gasteiger partial charge in [-0.05, 0) is 19.4 Å². The number of nitrogens with zero attached hydrogens (tertiary/aromatic N) is 2. The number of carboxylic acids is 1. The van der Waals surface area contributed by atoms with Crippen molar-refractivity contribution in [2.24, 2.45) is 5.92 Å². The topological polar surface area (TPSA) is 90.6 Å². The third-order valence-corrected chi connectivity index (χ3v) is 4.40. The van der Waals surface area contributed by atoms with E-state index in [1.54, 1.807) is 32.7 Å². The molecule has 1 atom stereocenters. The van der Waals surface area contributed by atoms with E-state index in [2.05, 4.69) is 6.07 Å². The van der Waals surface area contributed by atoms with Gasteiger partial charge in [0.1, 0.15) is 15.9 Å². The maximum absolute atomic E-state index is 11.9. The molecular formula is C14H18N2O4S. The molecule has 1 N–H and O–H groups in total. The summed E-state index contributed by atoms with van der Waals surface area (Å²) in [7, 11) is 1.71. The number of carbonyl (C=O) groups is 2. The van der Waals surface area contributed by atoms with Crippen molar-refractivity contribution >= 4 is 28.3 Å². The summed E-state index contributed by atoms with van der Waals surface area (Å²) in [6.45, 7) is 5.52. The van der Waals surface area contributed by atoms with Gasteiger partial charge in [0.15, 0.2) is 0 Å². The maximum Gasteiger partial charge on any atom is 0.348 e. The number of hydrogen-bond donors (Lipinski definition) is 1. The van der Waals surface area contributed by atoms with Crippen LogP contribution in [0, 0.1) is 24.2 Å². The summed E-state index contributed by atoms with van der Waals surface area (Å²) in [5.74, 6) is -1.93. The van der Waals surface area contributed by atoms with Gasteiger partial charge in [0.2, 0.25) is 0 Å². The Labute approximate surface area is 127 Å². The first-order chi connectivity index (χ1) is 9.83. The molecule has 7 heteroatoms. The summed E-state index contributed by atoms with van der Waals surface area (Å²) in [5.41, 5.74) is 0.967. The molecule has 1 unspecified atom stereocenters. The Kier molecular flexibility index (Phi) is 5.73. The monoisotopic (exact) mass is 310 g/mol. The first-order valence-corrected chi connectivity index (χ1v) is 7.29. The molecule has 0 aromatic carbocycles. The van der Waals surface area contributed by atoms with E-state index in [0.717, 1.165) is 11.3 Å². The smallest absolute Gasteiger partial charge is 0.348 e. The van der Waals surface area contributed by atoms with Crippen LogP contribution in [0.4, 0.5) is 5.00 Å². The fourth-order valence-electron chi connectivity index (χ4n) is 1.86. The zero-order chi connectivity index (χ0) is 16.2. The Balaban J connectivity index is 3.13. The molecule has 0 saturated heterocycles. The second kappa shape index (κ2) is 7.09. The quantitative estimate of drug-likeness (QED) is 0.810. The number of thiophene rings is 1. The van der Waals surface area contributed by atoms with E-state index in [9.17, 15) is 14.9 Å². The lowest BCUT2D eigenvalue weighted by Gasteiger charge is -2.20. The van der Waals surface area contributed by atoms with Crippen molar-refractivity contribution in [3.05, 3.63) is 16.0 Å². The first kappa shape index (κ1) is 17.0. The van der Waals surface area contributed by atoms with Crippen molar-refractivity contribution < 1.29 is 19.4 Å². The summed E-state index contributed by atoms with van der Waals surface area (Å²) in [5, 5.41) is 18.8. The van der Waals surface area contributed by atoms with Crippen molar-refractivity contribution in [1.82, 2.24) is 0 Å². The average molecular weight is 310 g/mol. The second-order valence-corrected chi connectivity index (χ2v) is 5.69. The van der Waals surface area contributed by atoms with E-state index in [1.807, 2.05) is 0 Å². The Bertz CT molecular complexity index is 589. The molecule has 1 aromatic heterocycles. The van der Waals surface area contributed by atoms with Gasteiger partial charge in [0.25, 0.3) is 0 Å². The number of carbonyl (C=O) groups excluding carboxylic acids is 1. The molecule has 0 aliphatic rings. The lowest BCUT2D eigenvalue weighted by molar-refractivity contribution is -0.140. The van der Waals surface area contributed by atoms with E-state index in [4.69, 9.17) is 9.84 Å². The van der Waals surface area contributed by atoms with Gasteiger partial charge in [0, 0.05) is 13.6 Å². The van der Waals surface area contributed by atoms with Crippen LogP contribution in [0.15, 0.2) is 0 Å². The fourth-order valence-corrected chi connectivity index (χ4v) is 2.98. The van der Waals surface area contributed by atoms with Crippen molar-refractivity contribution in [1.29, 1.82) is 5.26 Å². The Morgan fingerprint density at radius 1 is 1.52 bits per heavy atom. The number of rotatable bonds is 6. The minimum absolute atomic E-state index is 0.256. The Morgan fingerprint density at radius 2 is 2.14 bits per heavy atom. The van der Waals surface area contributed by atoms with Gasteiger partial charge in [-0.3, -0.25) is 4.79 Å². The van der Waals surface area contributed by atoms with E-state index in [-0.39, 0.29) is 13.2 Å². The highest BCUT2D eigenvalue weighted by Gasteiger charge is 2.24. The van der Waals surface area contributed by atoms with Gasteiger partial charge in [-0.15, -0.1) is 11.3 Å². The van der Waals surface area contributed by atoms with Gasteiger partial charge in [0.05, 0.1) is 18.1 Å². The van der Waals surface area contributed by atoms with Crippen molar-refractivity contribution in [3.8, 4) is 6.07 Å². The molecular weight excluding hydrogens is 292 g/mol. The van der Waals surface area contributed by atoms with Gasteiger partial charge in [-0.2, -0.15) is 5.26 Å². The minimum Gasteiger partial charge on any atom is -0.481 e. The average Bonchev–Trinajstić information content (AvgIpc) is 2.75. The lowest BCUT2D eigenvalue weighted by atomic mass is 10.1. The van der Waals surface area contributed by atoms with E-state index in [0.29, 0.717) is 21.0 Å². The molecule has 6 nitrogen and oxygen atoms in total. The predicted octanol–water partition coefficient (Wildman–Crippen LogP) is 2.26. The van der Waals surface area contributed by atoms with Crippen molar-refractivity contribution in [2.75, 3.05) is 25.1 Å². The predicted molar refractivity (Wildman–Crippen MR) is 79.8 cm³/mol. The zero-order valence-electron chi connectivity index (χ0n) is 12.5. The number of ether oxygens (including phenoxy) is 1. The SMILES string of the molecule is CCOC(=O)c1sc(N(C)CC(C)C(=O)O)c(C#N)c1C. The highest BCUT2D eigenvalue weighted by molar-refractivity contribution is 7.18. The summed E-state index contributed by atoms with van der Waals surface area (Å²) >= 11 is 1.16. The van der Waals surface area contributed by atoms with Crippen LogP contribution < -0.4 is 4.90 Å². The van der Waals surface area contributed by atoms with Gasteiger partial charge >= 0.3 is 11.9 Å². The summed E-state index contributed by atoms with van der Waals surface area (Å²) in [6.07, 6.45) is 0. The second-order valence-electron chi connectivity index (χ2n) is 4.69. The molecule has 0 radical (unpaired) electrons. The number of esters is 1.